The first kappa shape index (κ1) is 19.3. The Balaban J connectivity index is 1.55. The zero-order valence-corrected chi connectivity index (χ0v) is 17.4. The molecule has 0 saturated carbocycles. The molecule has 0 atom stereocenters. The average Bonchev–Trinajstić information content (AvgIpc) is 2.73. The fraction of sp³-hybridized carbons (Fsp3) is 0.350. The SMILES string of the molecule is CC(=O)N1CCSc2ccc(S(=O)(=O)N3CCN(c4ccccc4)CC3)cc21. The molecule has 4 rings (SSSR count). The van der Waals surface area contributed by atoms with Gasteiger partial charge in [0.05, 0.1) is 10.6 Å². The summed E-state index contributed by atoms with van der Waals surface area (Å²) >= 11 is 1.65. The Morgan fingerprint density at radius 1 is 0.964 bits per heavy atom. The van der Waals surface area contributed by atoms with E-state index in [2.05, 4.69) is 4.90 Å². The van der Waals surface area contributed by atoms with E-state index in [4.69, 9.17) is 0 Å². The Hall–Kier alpha value is -2.03. The maximum atomic E-state index is 13.2. The molecule has 0 aromatic heterocycles. The van der Waals surface area contributed by atoms with E-state index < -0.39 is 10.0 Å². The normalized spacial score (nSPS) is 18.0. The number of sulfonamides is 1. The molecule has 6 nitrogen and oxygen atoms in total. The fourth-order valence-electron chi connectivity index (χ4n) is 3.66. The number of fused-ring (bicyclic) bond motifs is 1. The minimum atomic E-state index is -3.59. The number of hydrogen-bond acceptors (Lipinski definition) is 5. The molecule has 2 aromatic rings. The van der Waals surface area contributed by atoms with Gasteiger partial charge in [0.25, 0.3) is 0 Å². The van der Waals surface area contributed by atoms with Crippen LogP contribution in [0.15, 0.2) is 58.3 Å². The molecule has 28 heavy (non-hydrogen) atoms. The minimum absolute atomic E-state index is 0.0624. The predicted molar refractivity (Wildman–Crippen MR) is 113 cm³/mol. The molecule has 0 unspecified atom stereocenters. The van der Waals surface area contributed by atoms with Gasteiger partial charge in [-0.1, -0.05) is 18.2 Å². The van der Waals surface area contributed by atoms with Crippen LogP contribution < -0.4 is 9.80 Å². The van der Waals surface area contributed by atoms with Crippen molar-refractivity contribution in [3.63, 3.8) is 0 Å². The number of carbonyl (C=O) groups excluding carboxylic acids is 1. The number of nitrogens with zero attached hydrogens (tertiary/aromatic N) is 3. The number of hydrogen-bond donors (Lipinski definition) is 0. The first-order valence-corrected chi connectivity index (χ1v) is 11.7. The van der Waals surface area contributed by atoms with Gasteiger partial charge in [-0.25, -0.2) is 8.42 Å². The zero-order valence-electron chi connectivity index (χ0n) is 15.7. The second-order valence-electron chi connectivity index (χ2n) is 6.88. The van der Waals surface area contributed by atoms with Gasteiger partial charge >= 0.3 is 0 Å². The molecule has 2 aliphatic rings. The van der Waals surface area contributed by atoms with Gasteiger partial charge < -0.3 is 9.80 Å². The summed E-state index contributed by atoms with van der Waals surface area (Å²) in [5.41, 5.74) is 1.82. The summed E-state index contributed by atoms with van der Waals surface area (Å²) in [5, 5.41) is 0. The molecule has 0 bridgehead atoms. The molecule has 0 aliphatic carbocycles. The molecule has 0 radical (unpaired) electrons. The number of anilines is 2. The van der Waals surface area contributed by atoms with Crippen LogP contribution in [0.5, 0.6) is 0 Å². The lowest BCUT2D eigenvalue weighted by atomic mass is 10.2. The lowest BCUT2D eigenvalue weighted by Crippen LogP contribution is -2.48. The van der Waals surface area contributed by atoms with E-state index in [1.807, 2.05) is 36.4 Å². The van der Waals surface area contributed by atoms with Gasteiger partial charge in [0, 0.05) is 56.0 Å². The van der Waals surface area contributed by atoms with Crippen molar-refractivity contribution >= 4 is 39.1 Å². The van der Waals surface area contributed by atoms with Gasteiger partial charge in [0.1, 0.15) is 0 Å². The number of rotatable bonds is 3. The van der Waals surface area contributed by atoms with Crippen LogP contribution in [0.3, 0.4) is 0 Å². The van der Waals surface area contributed by atoms with Crippen molar-refractivity contribution in [2.75, 3.05) is 48.3 Å². The van der Waals surface area contributed by atoms with Crippen molar-refractivity contribution in [1.29, 1.82) is 0 Å². The highest BCUT2D eigenvalue weighted by Crippen LogP contribution is 2.37. The summed E-state index contributed by atoms with van der Waals surface area (Å²) < 4.78 is 27.9. The van der Waals surface area contributed by atoms with E-state index in [0.717, 1.165) is 16.3 Å². The van der Waals surface area contributed by atoms with Crippen LogP contribution in [0.25, 0.3) is 0 Å². The van der Waals surface area contributed by atoms with Crippen molar-refractivity contribution in [3.8, 4) is 0 Å². The first-order chi connectivity index (χ1) is 13.5. The molecular formula is C20H23N3O3S2. The van der Waals surface area contributed by atoms with E-state index in [9.17, 15) is 13.2 Å². The molecule has 1 fully saturated rings. The highest BCUT2D eigenvalue weighted by Gasteiger charge is 2.30. The third-order valence-corrected chi connectivity index (χ3v) is 8.11. The number of amides is 1. The summed E-state index contributed by atoms with van der Waals surface area (Å²) in [6, 6.07) is 15.2. The van der Waals surface area contributed by atoms with Crippen LogP contribution in [0.1, 0.15) is 6.92 Å². The Labute approximate surface area is 170 Å². The number of benzene rings is 2. The minimum Gasteiger partial charge on any atom is -0.369 e. The van der Waals surface area contributed by atoms with E-state index in [1.165, 1.54) is 6.92 Å². The molecule has 8 heteroatoms. The molecule has 2 aliphatic heterocycles. The third kappa shape index (κ3) is 3.64. The summed E-state index contributed by atoms with van der Waals surface area (Å²) in [5.74, 6) is 0.757. The molecule has 148 valence electrons. The topological polar surface area (TPSA) is 60.9 Å². The number of piperazine rings is 1. The average molecular weight is 418 g/mol. The van der Waals surface area contributed by atoms with Crippen LogP contribution in [0.4, 0.5) is 11.4 Å². The molecule has 1 saturated heterocycles. The number of para-hydroxylation sites is 1. The van der Waals surface area contributed by atoms with Crippen molar-refractivity contribution in [2.24, 2.45) is 0 Å². The van der Waals surface area contributed by atoms with Gasteiger partial charge in [0.15, 0.2) is 0 Å². The highest BCUT2D eigenvalue weighted by atomic mass is 32.2. The van der Waals surface area contributed by atoms with Gasteiger partial charge in [-0.2, -0.15) is 4.31 Å². The lowest BCUT2D eigenvalue weighted by Gasteiger charge is -2.35. The Bertz CT molecular complexity index is 971. The Kier molecular flexibility index (Phi) is 5.35. The van der Waals surface area contributed by atoms with Crippen LogP contribution in [-0.4, -0.2) is 57.1 Å². The zero-order chi connectivity index (χ0) is 19.7. The molecular weight excluding hydrogens is 394 g/mol. The molecule has 0 N–H and O–H groups in total. The summed E-state index contributed by atoms with van der Waals surface area (Å²) in [7, 11) is -3.59. The molecule has 0 spiro atoms. The second-order valence-corrected chi connectivity index (χ2v) is 9.95. The second kappa shape index (κ2) is 7.77. The molecule has 2 heterocycles. The predicted octanol–water partition coefficient (Wildman–Crippen LogP) is 2.66. The van der Waals surface area contributed by atoms with Crippen LogP contribution >= 0.6 is 11.8 Å². The van der Waals surface area contributed by atoms with Crippen LogP contribution in [-0.2, 0) is 14.8 Å². The van der Waals surface area contributed by atoms with Crippen molar-refractivity contribution in [2.45, 2.75) is 16.7 Å². The molecule has 2 aromatic carbocycles. The van der Waals surface area contributed by atoms with E-state index in [1.54, 1.807) is 33.1 Å². The third-order valence-electron chi connectivity index (χ3n) is 5.17. The van der Waals surface area contributed by atoms with Gasteiger partial charge in [-0.05, 0) is 30.3 Å². The monoisotopic (exact) mass is 417 g/mol. The van der Waals surface area contributed by atoms with Crippen LogP contribution in [0, 0.1) is 0 Å². The Morgan fingerprint density at radius 2 is 1.68 bits per heavy atom. The Morgan fingerprint density at radius 3 is 2.36 bits per heavy atom. The summed E-state index contributed by atoms with van der Waals surface area (Å²) in [6.07, 6.45) is 0. The van der Waals surface area contributed by atoms with Crippen molar-refractivity contribution in [1.82, 2.24) is 4.31 Å². The van der Waals surface area contributed by atoms with E-state index >= 15 is 0 Å². The highest BCUT2D eigenvalue weighted by molar-refractivity contribution is 7.99. The summed E-state index contributed by atoms with van der Waals surface area (Å²) in [6.45, 7) is 4.32. The van der Waals surface area contributed by atoms with Gasteiger partial charge in [-0.3, -0.25) is 4.79 Å². The lowest BCUT2D eigenvalue weighted by molar-refractivity contribution is -0.116. The van der Waals surface area contributed by atoms with Gasteiger partial charge in [-0.15, -0.1) is 11.8 Å². The number of thioether (sulfide) groups is 1. The summed E-state index contributed by atoms with van der Waals surface area (Å²) in [4.78, 5) is 17.0. The molecule has 1 amide bonds. The van der Waals surface area contributed by atoms with E-state index in [0.29, 0.717) is 38.4 Å². The largest absolute Gasteiger partial charge is 0.369 e. The standard InChI is InChI=1S/C20H23N3O3S2/c1-16(24)23-13-14-27-20-8-7-18(15-19(20)23)28(25,26)22-11-9-21(10-12-22)17-5-3-2-4-6-17/h2-8,15H,9-14H2,1H3. The van der Waals surface area contributed by atoms with E-state index in [-0.39, 0.29) is 10.8 Å². The smallest absolute Gasteiger partial charge is 0.243 e. The van der Waals surface area contributed by atoms with Crippen LogP contribution in [0.2, 0.25) is 0 Å². The van der Waals surface area contributed by atoms with Crippen molar-refractivity contribution < 1.29 is 13.2 Å². The van der Waals surface area contributed by atoms with Crippen molar-refractivity contribution in [3.05, 3.63) is 48.5 Å². The quantitative estimate of drug-likeness (QED) is 0.768. The maximum Gasteiger partial charge on any atom is 0.243 e. The fourth-order valence-corrected chi connectivity index (χ4v) is 6.08. The number of carbonyl (C=O) groups is 1. The van der Waals surface area contributed by atoms with Gasteiger partial charge in [0.2, 0.25) is 15.9 Å². The maximum absolute atomic E-state index is 13.2. The first-order valence-electron chi connectivity index (χ1n) is 9.32.